The van der Waals surface area contributed by atoms with Crippen molar-refractivity contribution in [3.05, 3.63) is 0 Å². The number of hydrogen-bond acceptors (Lipinski definition) is 2. The van der Waals surface area contributed by atoms with Gasteiger partial charge in [0.25, 0.3) is 0 Å². The van der Waals surface area contributed by atoms with Gasteiger partial charge in [0.05, 0.1) is 0 Å². The van der Waals surface area contributed by atoms with Gasteiger partial charge in [0.2, 0.25) is 0 Å². The molecule has 0 aromatic heterocycles. The number of hydrogen-bond donors (Lipinski definition) is 1. The van der Waals surface area contributed by atoms with Crippen molar-refractivity contribution in [2.24, 2.45) is 11.3 Å². The summed E-state index contributed by atoms with van der Waals surface area (Å²) >= 11 is 0. The maximum absolute atomic E-state index is 3.47. The summed E-state index contributed by atoms with van der Waals surface area (Å²) in [7, 11) is 0. The quantitative estimate of drug-likeness (QED) is 0.775. The van der Waals surface area contributed by atoms with Crippen molar-refractivity contribution < 1.29 is 0 Å². The molecule has 2 fully saturated rings. The average molecular weight is 224 g/mol. The fourth-order valence-corrected chi connectivity index (χ4v) is 3.13. The minimum absolute atomic E-state index is 0.617. The normalized spacial score (nSPS) is 32.8. The third kappa shape index (κ3) is 3.21. The Bertz CT molecular complexity index is 215. The van der Waals surface area contributed by atoms with Gasteiger partial charge in [-0.25, -0.2) is 0 Å². The Morgan fingerprint density at radius 2 is 1.94 bits per heavy atom. The molecule has 94 valence electrons. The smallest absolute Gasteiger partial charge is 0.0193 e. The van der Waals surface area contributed by atoms with E-state index < -0.39 is 0 Å². The molecule has 0 amide bonds. The van der Waals surface area contributed by atoms with Crippen LogP contribution in [0.3, 0.4) is 0 Å². The van der Waals surface area contributed by atoms with E-state index in [1.165, 1.54) is 51.9 Å². The fourth-order valence-electron chi connectivity index (χ4n) is 3.13. The molecule has 2 heteroatoms. The van der Waals surface area contributed by atoms with E-state index >= 15 is 0 Å². The lowest BCUT2D eigenvalue weighted by Crippen LogP contribution is -2.51. The third-order valence-corrected chi connectivity index (χ3v) is 4.59. The second-order valence-electron chi connectivity index (χ2n) is 6.66. The van der Waals surface area contributed by atoms with E-state index in [2.05, 4.69) is 31.0 Å². The second kappa shape index (κ2) is 5.05. The summed E-state index contributed by atoms with van der Waals surface area (Å²) in [4.78, 5) is 2.69. The van der Waals surface area contributed by atoms with Crippen LogP contribution < -0.4 is 5.32 Å². The molecule has 1 saturated carbocycles. The summed E-state index contributed by atoms with van der Waals surface area (Å²) in [5.41, 5.74) is 0.617. The zero-order valence-corrected chi connectivity index (χ0v) is 11.3. The zero-order valence-electron chi connectivity index (χ0n) is 11.3. The molecule has 2 aliphatic rings. The van der Waals surface area contributed by atoms with Crippen LogP contribution in [0.5, 0.6) is 0 Å². The minimum atomic E-state index is 0.617. The van der Waals surface area contributed by atoms with Gasteiger partial charge in [0, 0.05) is 32.2 Å². The van der Waals surface area contributed by atoms with Gasteiger partial charge >= 0.3 is 0 Å². The number of nitrogens with zero attached hydrogens (tertiary/aromatic N) is 1. The molecule has 16 heavy (non-hydrogen) atoms. The SMILES string of the molecule is C[C@@H]1CNCCN1CC1CCC(C)(C)CC1. The fraction of sp³-hybridized carbons (Fsp3) is 1.00. The summed E-state index contributed by atoms with van der Waals surface area (Å²) in [5.74, 6) is 0.966. The highest BCUT2D eigenvalue weighted by atomic mass is 15.2. The molecule has 0 bridgehead atoms. The van der Waals surface area contributed by atoms with Gasteiger partial charge in [-0.1, -0.05) is 13.8 Å². The van der Waals surface area contributed by atoms with Crippen LogP contribution in [0, 0.1) is 11.3 Å². The monoisotopic (exact) mass is 224 g/mol. The molecule has 1 saturated heterocycles. The lowest BCUT2D eigenvalue weighted by Gasteiger charge is -2.40. The first kappa shape index (κ1) is 12.4. The van der Waals surface area contributed by atoms with E-state index in [4.69, 9.17) is 0 Å². The van der Waals surface area contributed by atoms with Crippen molar-refractivity contribution in [1.82, 2.24) is 10.2 Å². The molecule has 1 heterocycles. The highest BCUT2D eigenvalue weighted by Gasteiger charge is 2.29. The third-order valence-electron chi connectivity index (χ3n) is 4.59. The molecule has 0 unspecified atom stereocenters. The van der Waals surface area contributed by atoms with E-state index in [-0.39, 0.29) is 0 Å². The van der Waals surface area contributed by atoms with Crippen LogP contribution in [-0.4, -0.2) is 37.1 Å². The first-order valence-corrected chi connectivity index (χ1v) is 7.02. The van der Waals surface area contributed by atoms with Crippen LogP contribution in [0.4, 0.5) is 0 Å². The van der Waals surface area contributed by atoms with Gasteiger partial charge in [0.15, 0.2) is 0 Å². The molecular weight excluding hydrogens is 196 g/mol. The topological polar surface area (TPSA) is 15.3 Å². The van der Waals surface area contributed by atoms with Gasteiger partial charge in [-0.2, -0.15) is 0 Å². The van der Waals surface area contributed by atoms with Gasteiger partial charge in [-0.3, -0.25) is 4.90 Å². The van der Waals surface area contributed by atoms with Crippen molar-refractivity contribution in [2.45, 2.75) is 52.5 Å². The molecule has 0 aromatic rings. The molecule has 0 spiro atoms. The van der Waals surface area contributed by atoms with E-state index in [0.29, 0.717) is 5.41 Å². The van der Waals surface area contributed by atoms with Gasteiger partial charge in [-0.15, -0.1) is 0 Å². The van der Waals surface area contributed by atoms with E-state index in [9.17, 15) is 0 Å². The predicted molar refractivity (Wildman–Crippen MR) is 69.6 cm³/mol. The maximum atomic E-state index is 3.47. The molecule has 1 atom stereocenters. The largest absolute Gasteiger partial charge is 0.314 e. The highest BCUT2D eigenvalue weighted by molar-refractivity contribution is 4.83. The minimum Gasteiger partial charge on any atom is -0.314 e. The first-order chi connectivity index (χ1) is 7.57. The second-order valence-corrected chi connectivity index (χ2v) is 6.66. The lowest BCUT2D eigenvalue weighted by molar-refractivity contribution is 0.107. The van der Waals surface area contributed by atoms with Crippen LogP contribution in [0.1, 0.15) is 46.5 Å². The van der Waals surface area contributed by atoms with E-state index in [0.717, 1.165) is 12.0 Å². The molecule has 1 aliphatic carbocycles. The maximum Gasteiger partial charge on any atom is 0.0193 e. The lowest BCUT2D eigenvalue weighted by atomic mass is 9.73. The first-order valence-electron chi connectivity index (χ1n) is 7.02. The Morgan fingerprint density at radius 3 is 2.56 bits per heavy atom. The van der Waals surface area contributed by atoms with Crippen LogP contribution >= 0.6 is 0 Å². The number of piperazine rings is 1. The molecule has 0 radical (unpaired) electrons. The Balaban J connectivity index is 1.77. The van der Waals surface area contributed by atoms with Gasteiger partial charge < -0.3 is 5.32 Å². The van der Waals surface area contributed by atoms with Crippen LogP contribution in [-0.2, 0) is 0 Å². The van der Waals surface area contributed by atoms with Crippen molar-refractivity contribution in [1.29, 1.82) is 0 Å². The van der Waals surface area contributed by atoms with Crippen molar-refractivity contribution in [3.63, 3.8) is 0 Å². The Morgan fingerprint density at radius 1 is 1.25 bits per heavy atom. The molecular formula is C14H28N2. The Labute approximate surface area is 101 Å². The molecule has 2 rings (SSSR count). The Kier molecular flexibility index (Phi) is 3.91. The highest BCUT2D eigenvalue weighted by Crippen LogP contribution is 2.38. The van der Waals surface area contributed by atoms with Gasteiger partial charge in [-0.05, 0) is 43.9 Å². The standard InChI is InChI=1S/C14H28N2/c1-12-10-15-8-9-16(12)11-13-4-6-14(2,3)7-5-13/h12-13,15H,4-11H2,1-3H3/t12-/m1/s1. The van der Waals surface area contributed by atoms with Crippen LogP contribution in [0.2, 0.25) is 0 Å². The Hall–Kier alpha value is -0.0800. The zero-order chi connectivity index (χ0) is 11.6. The summed E-state index contributed by atoms with van der Waals surface area (Å²) < 4.78 is 0. The van der Waals surface area contributed by atoms with E-state index in [1.54, 1.807) is 0 Å². The molecule has 1 N–H and O–H groups in total. The molecule has 2 nitrogen and oxygen atoms in total. The average Bonchev–Trinajstić information content (AvgIpc) is 2.24. The van der Waals surface area contributed by atoms with Crippen molar-refractivity contribution >= 4 is 0 Å². The van der Waals surface area contributed by atoms with E-state index in [1.807, 2.05) is 0 Å². The van der Waals surface area contributed by atoms with Crippen LogP contribution in [0.15, 0.2) is 0 Å². The molecule has 1 aliphatic heterocycles. The number of nitrogens with one attached hydrogen (secondary N) is 1. The van der Waals surface area contributed by atoms with Crippen LogP contribution in [0.25, 0.3) is 0 Å². The van der Waals surface area contributed by atoms with Crippen molar-refractivity contribution in [3.8, 4) is 0 Å². The number of rotatable bonds is 2. The predicted octanol–water partition coefficient (Wildman–Crippen LogP) is 2.50. The summed E-state index contributed by atoms with van der Waals surface area (Å²) in [6.45, 7) is 12.2. The summed E-state index contributed by atoms with van der Waals surface area (Å²) in [6, 6.07) is 0.740. The van der Waals surface area contributed by atoms with Gasteiger partial charge in [0.1, 0.15) is 0 Å². The summed E-state index contributed by atoms with van der Waals surface area (Å²) in [6.07, 6.45) is 5.75. The summed E-state index contributed by atoms with van der Waals surface area (Å²) in [5, 5.41) is 3.47. The molecule has 0 aromatic carbocycles. The van der Waals surface area contributed by atoms with Crippen molar-refractivity contribution in [2.75, 3.05) is 26.2 Å².